The van der Waals surface area contributed by atoms with Gasteiger partial charge in [0.1, 0.15) is 5.75 Å². The smallest absolute Gasteiger partial charge is 0.244 e. The molecule has 0 aromatic heterocycles. The van der Waals surface area contributed by atoms with Gasteiger partial charge in [-0.15, -0.1) is 0 Å². The summed E-state index contributed by atoms with van der Waals surface area (Å²) >= 11 is 0. The monoisotopic (exact) mass is 372 g/mol. The van der Waals surface area contributed by atoms with E-state index >= 15 is 0 Å². The van der Waals surface area contributed by atoms with Crippen LogP contribution in [0.25, 0.3) is 6.08 Å². The lowest BCUT2D eigenvalue weighted by atomic mass is 9.86. The Kier molecular flexibility index (Phi) is 7.45. The SMILES string of the molecule is CCC(C)(C)C(=O)NC1CCC(NC(=O)/C=C/c2ccc(OC)cc2)CC1. The van der Waals surface area contributed by atoms with Crippen molar-refractivity contribution in [1.29, 1.82) is 0 Å². The second-order valence-electron chi connectivity index (χ2n) is 7.87. The van der Waals surface area contributed by atoms with Crippen LogP contribution < -0.4 is 15.4 Å². The number of amides is 2. The van der Waals surface area contributed by atoms with E-state index in [9.17, 15) is 9.59 Å². The minimum atomic E-state index is -0.322. The summed E-state index contributed by atoms with van der Waals surface area (Å²) < 4.78 is 5.12. The van der Waals surface area contributed by atoms with E-state index in [-0.39, 0.29) is 29.3 Å². The number of benzene rings is 1. The number of carbonyl (C=O) groups excluding carboxylic acids is 2. The molecule has 0 heterocycles. The lowest BCUT2D eigenvalue weighted by Crippen LogP contribution is -2.46. The fourth-order valence-electron chi connectivity index (χ4n) is 3.06. The topological polar surface area (TPSA) is 67.4 Å². The van der Waals surface area contributed by atoms with E-state index in [0.717, 1.165) is 43.4 Å². The molecular weight excluding hydrogens is 340 g/mol. The Bertz CT molecular complexity index is 657. The van der Waals surface area contributed by atoms with Gasteiger partial charge in [-0.25, -0.2) is 0 Å². The predicted molar refractivity (Wildman–Crippen MR) is 108 cm³/mol. The lowest BCUT2D eigenvalue weighted by Gasteiger charge is -2.32. The van der Waals surface area contributed by atoms with Gasteiger partial charge in [-0.2, -0.15) is 0 Å². The normalized spacial score (nSPS) is 20.3. The highest BCUT2D eigenvalue weighted by atomic mass is 16.5. The van der Waals surface area contributed by atoms with E-state index in [2.05, 4.69) is 10.6 Å². The van der Waals surface area contributed by atoms with Crippen LogP contribution in [-0.4, -0.2) is 31.0 Å². The van der Waals surface area contributed by atoms with Gasteiger partial charge in [-0.3, -0.25) is 9.59 Å². The summed E-state index contributed by atoms with van der Waals surface area (Å²) in [7, 11) is 1.63. The molecule has 0 aliphatic heterocycles. The van der Waals surface area contributed by atoms with Crippen LogP contribution in [0.5, 0.6) is 5.75 Å². The first-order chi connectivity index (χ1) is 12.8. The average molecular weight is 373 g/mol. The number of nitrogens with one attached hydrogen (secondary N) is 2. The second-order valence-corrected chi connectivity index (χ2v) is 7.87. The van der Waals surface area contributed by atoms with Crippen molar-refractivity contribution in [3.63, 3.8) is 0 Å². The summed E-state index contributed by atoms with van der Waals surface area (Å²) in [5, 5.41) is 6.23. The standard InChI is InChI=1S/C22H32N2O3/c1-5-22(2,3)21(26)24-18-11-9-17(10-12-18)23-20(25)15-8-16-6-13-19(27-4)14-7-16/h6-8,13-15,17-18H,5,9-12H2,1-4H3,(H,23,25)(H,24,26)/b15-8+. The third kappa shape index (κ3) is 6.42. The maximum Gasteiger partial charge on any atom is 0.244 e. The zero-order valence-corrected chi connectivity index (χ0v) is 16.9. The van der Waals surface area contributed by atoms with Crippen LogP contribution in [-0.2, 0) is 9.59 Å². The number of ether oxygens (including phenoxy) is 1. The Morgan fingerprint density at radius 2 is 1.63 bits per heavy atom. The molecule has 1 aliphatic rings. The lowest BCUT2D eigenvalue weighted by molar-refractivity contribution is -0.130. The van der Waals surface area contributed by atoms with E-state index in [1.165, 1.54) is 0 Å². The van der Waals surface area contributed by atoms with E-state index in [1.54, 1.807) is 19.3 Å². The van der Waals surface area contributed by atoms with Gasteiger partial charge in [0.05, 0.1) is 7.11 Å². The molecule has 1 fully saturated rings. The molecule has 1 aromatic rings. The maximum absolute atomic E-state index is 12.3. The summed E-state index contributed by atoms with van der Waals surface area (Å²) in [4.78, 5) is 24.4. The van der Waals surface area contributed by atoms with E-state index in [4.69, 9.17) is 4.74 Å². The van der Waals surface area contributed by atoms with Gasteiger partial charge in [-0.1, -0.05) is 32.9 Å². The van der Waals surface area contributed by atoms with Gasteiger partial charge in [0.25, 0.3) is 0 Å². The molecule has 0 saturated heterocycles. The largest absolute Gasteiger partial charge is 0.497 e. The molecule has 1 saturated carbocycles. The number of rotatable bonds is 7. The molecule has 2 N–H and O–H groups in total. The molecular formula is C22H32N2O3. The van der Waals surface area contributed by atoms with E-state index < -0.39 is 0 Å². The minimum Gasteiger partial charge on any atom is -0.497 e. The molecule has 0 unspecified atom stereocenters. The molecule has 0 atom stereocenters. The van der Waals surface area contributed by atoms with Gasteiger partial charge in [0.2, 0.25) is 11.8 Å². The third-order valence-corrected chi connectivity index (χ3v) is 5.45. The average Bonchev–Trinajstić information content (AvgIpc) is 2.68. The Balaban J connectivity index is 1.75. The van der Waals surface area contributed by atoms with Crippen LogP contribution in [0.4, 0.5) is 0 Å². The van der Waals surface area contributed by atoms with Crippen molar-refractivity contribution in [2.75, 3.05) is 7.11 Å². The molecule has 148 valence electrons. The highest BCUT2D eigenvalue weighted by molar-refractivity contribution is 5.91. The Morgan fingerprint density at radius 1 is 1.07 bits per heavy atom. The molecule has 0 bridgehead atoms. The van der Waals surface area contributed by atoms with Crippen molar-refractivity contribution in [1.82, 2.24) is 10.6 Å². The van der Waals surface area contributed by atoms with Crippen LogP contribution >= 0.6 is 0 Å². The maximum atomic E-state index is 12.3. The first-order valence-electron chi connectivity index (χ1n) is 9.77. The molecule has 27 heavy (non-hydrogen) atoms. The quantitative estimate of drug-likeness (QED) is 0.718. The van der Waals surface area contributed by atoms with Crippen molar-refractivity contribution in [3.05, 3.63) is 35.9 Å². The summed E-state index contributed by atoms with van der Waals surface area (Å²) in [6.07, 6.45) is 7.77. The van der Waals surface area contributed by atoms with Crippen molar-refractivity contribution in [2.45, 2.75) is 65.0 Å². The predicted octanol–water partition coefficient (Wildman–Crippen LogP) is 3.69. The highest BCUT2D eigenvalue weighted by Gasteiger charge is 2.29. The Morgan fingerprint density at radius 3 is 2.15 bits per heavy atom. The van der Waals surface area contributed by atoms with Gasteiger partial charge < -0.3 is 15.4 Å². The summed E-state index contributed by atoms with van der Waals surface area (Å²) in [6.45, 7) is 5.98. The van der Waals surface area contributed by atoms with Gasteiger partial charge >= 0.3 is 0 Å². The molecule has 0 radical (unpaired) electrons. The van der Waals surface area contributed by atoms with Crippen molar-refractivity contribution in [3.8, 4) is 5.75 Å². The molecule has 5 nitrogen and oxygen atoms in total. The van der Waals surface area contributed by atoms with E-state index in [1.807, 2.05) is 45.0 Å². The zero-order chi connectivity index (χ0) is 19.9. The molecule has 1 aliphatic carbocycles. The minimum absolute atomic E-state index is 0.0783. The second kappa shape index (κ2) is 9.58. The summed E-state index contributed by atoms with van der Waals surface area (Å²) in [6, 6.07) is 7.94. The molecule has 2 amide bonds. The highest BCUT2D eigenvalue weighted by Crippen LogP contribution is 2.23. The zero-order valence-electron chi connectivity index (χ0n) is 16.9. The van der Waals surface area contributed by atoms with Crippen LogP contribution in [0.15, 0.2) is 30.3 Å². The number of methoxy groups -OCH3 is 1. The first kappa shape index (κ1) is 21.0. The fraction of sp³-hybridized carbons (Fsp3) is 0.545. The number of hydrogen-bond acceptors (Lipinski definition) is 3. The first-order valence-corrected chi connectivity index (χ1v) is 9.77. The van der Waals surface area contributed by atoms with Crippen LogP contribution in [0.2, 0.25) is 0 Å². The van der Waals surface area contributed by atoms with Crippen LogP contribution in [0, 0.1) is 5.41 Å². The van der Waals surface area contributed by atoms with Gasteiger partial charge in [-0.05, 0) is 55.9 Å². The number of hydrogen-bond donors (Lipinski definition) is 2. The van der Waals surface area contributed by atoms with Crippen LogP contribution in [0.3, 0.4) is 0 Å². The Hall–Kier alpha value is -2.30. The molecule has 5 heteroatoms. The summed E-state index contributed by atoms with van der Waals surface area (Å²) in [5.74, 6) is 0.841. The molecule has 2 rings (SSSR count). The molecule has 1 aromatic carbocycles. The number of carbonyl (C=O) groups is 2. The van der Waals surface area contributed by atoms with Crippen LogP contribution in [0.1, 0.15) is 58.4 Å². The third-order valence-electron chi connectivity index (χ3n) is 5.45. The van der Waals surface area contributed by atoms with Crippen molar-refractivity contribution < 1.29 is 14.3 Å². The van der Waals surface area contributed by atoms with Crippen molar-refractivity contribution >= 4 is 17.9 Å². The Labute approximate surface area is 162 Å². The van der Waals surface area contributed by atoms with E-state index in [0.29, 0.717) is 0 Å². The summed E-state index contributed by atoms with van der Waals surface area (Å²) in [5.41, 5.74) is 0.632. The van der Waals surface area contributed by atoms with Gasteiger partial charge in [0.15, 0.2) is 0 Å². The fourth-order valence-corrected chi connectivity index (χ4v) is 3.06. The molecule has 0 spiro atoms. The van der Waals surface area contributed by atoms with Gasteiger partial charge in [0, 0.05) is 23.6 Å². The van der Waals surface area contributed by atoms with Crippen molar-refractivity contribution in [2.24, 2.45) is 5.41 Å².